The van der Waals surface area contributed by atoms with Crippen LogP contribution in [-0.4, -0.2) is 21.0 Å². The summed E-state index contributed by atoms with van der Waals surface area (Å²) in [5.74, 6) is 0.657. The van der Waals surface area contributed by atoms with Crippen molar-refractivity contribution < 1.29 is 4.74 Å². The Hall–Kier alpha value is -2.64. The monoisotopic (exact) mass is 415 g/mol. The van der Waals surface area contributed by atoms with Crippen molar-refractivity contribution in [2.45, 2.75) is 25.8 Å². The van der Waals surface area contributed by atoms with E-state index in [9.17, 15) is 9.59 Å². The van der Waals surface area contributed by atoms with Crippen LogP contribution < -0.4 is 15.7 Å². The Morgan fingerprint density at radius 3 is 2.71 bits per heavy atom. The fourth-order valence-electron chi connectivity index (χ4n) is 3.72. The van der Waals surface area contributed by atoms with Crippen LogP contribution in [0.1, 0.15) is 24.6 Å². The second-order valence-electron chi connectivity index (χ2n) is 6.87. The maximum absolute atomic E-state index is 13.0. The number of ether oxygens (including phenoxy) is 1. The van der Waals surface area contributed by atoms with Crippen LogP contribution >= 0.6 is 23.9 Å². The second-order valence-corrected chi connectivity index (χ2v) is 7.67. The molecule has 1 fully saturated rings. The number of benzene rings is 1. The predicted molar refractivity (Wildman–Crippen MR) is 114 cm³/mol. The van der Waals surface area contributed by atoms with Gasteiger partial charge in [0, 0.05) is 23.5 Å². The van der Waals surface area contributed by atoms with Crippen LogP contribution in [0.3, 0.4) is 0 Å². The van der Waals surface area contributed by atoms with E-state index in [2.05, 4.69) is 13.9 Å². The molecule has 0 saturated heterocycles. The van der Waals surface area contributed by atoms with Gasteiger partial charge in [-0.1, -0.05) is 0 Å². The average Bonchev–Trinajstić information content (AvgIpc) is 3.43. The summed E-state index contributed by atoms with van der Waals surface area (Å²) in [6.45, 7) is 1.94. The van der Waals surface area contributed by atoms with E-state index in [-0.39, 0.29) is 34.8 Å². The van der Waals surface area contributed by atoms with Crippen LogP contribution in [0, 0.1) is 6.92 Å². The molecule has 0 unspecified atom stereocenters. The molecule has 1 N–H and O–H groups in total. The standard InChI is InChI=1S/C20H17N3O3S.ClH/c1-10-9-11(7-8-21-10)13-5-6-14-16(18(13)26-2)23(12-3-4-12)20-15(17(14)24)19(25)22-27-20;/h5-9,12H,3-4H2,1-2H3,(H,22,25);1H. The van der Waals surface area contributed by atoms with Gasteiger partial charge >= 0.3 is 0 Å². The van der Waals surface area contributed by atoms with E-state index in [0.29, 0.717) is 16.0 Å². The molecule has 3 aromatic heterocycles. The minimum Gasteiger partial charge on any atom is -0.494 e. The lowest BCUT2D eigenvalue weighted by molar-refractivity contribution is 0.419. The molecule has 0 amide bonds. The van der Waals surface area contributed by atoms with Gasteiger partial charge in [0.05, 0.1) is 18.0 Å². The van der Waals surface area contributed by atoms with Crippen LogP contribution in [-0.2, 0) is 0 Å². The van der Waals surface area contributed by atoms with Crippen LogP contribution in [0.15, 0.2) is 40.1 Å². The van der Waals surface area contributed by atoms with Crippen LogP contribution in [0.4, 0.5) is 0 Å². The molecule has 3 heterocycles. The number of nitrogens with zero attached hydrogens (tertiary/aromatic N) is 2. The summed E-state index contributed by atoms with van der Waals surface area (Å²) in [4.78, 5) is 30.2. The molecule has 0 atom stereocenters. The number of hydrogen-bond donors (Lipinski definition) is 1. The molecule has 4 aromatic rings. The first-order valence-electron chi connectivity index (χ1n) is 8.79. The number of H-pyrrole nitrogens is 1. The molecular formula is C20H18ClN3O3S. The zero-order valence-corrected chi connectivity index (χ0v) is 16.9. The third-order valence-corrected chi connectivity index (χ3v) is 5.95. The van der Waals surface area contributed by atoms with E-state index < -0.39 is 0 Å². The normalized spacial score (nSPS) is 13.6. The number of fused-ring (bicyclic) bond motifs is 2. The third-order valence-electron chi connectivity index (χ3n) is 5.07. The summed E-state index contributed by atoms with van der Waals surface area (Å²) in [6.07, 6.45) is 3.82. The Bertz CT molecular complexity index is 1330. The van der Waals surface area contributed by atoms with E-state index in [1.165, 1.54) is 11.5 Å². The number of hydrogen-bond acceptors (Lipinski definition) is 5. The predicted octanol–water partition coefficient (Wildman–Crippen LogP) is 4.04. The first kappa shape index (κ1) is 18.7. The highest BCUT2D eigenvalue weighted by Crippen LogP contribution is 2.44. The van der Waals surface area contributed by atoms with Crippen molar-refractivity contribution in [3.8, 4) is 16.9 Å². The maximum Gasteiger partial charge on any atom is 0.271 e. The Kier molecular flexibility index (Phi) is 4.51. The molecule has 5 rings (SSSR count). The van der Waals surface area contributed by atoms with Crippen molar-refractivity contribution in [1.82, 2.24) is 13.9 Å². The molecule has 144 valence electrons. The molecule has 1 aliphatic rings. The van der Waals surface area contributed by atoms with E-state index in [4.69, 9.17) is 4.74 Å². The fourth-order valence-corrected chi connectivity index (χ4v) is 4.64. The molecule has 1 aromatic carbocycles. The number of aromatic amines is 1. The van der Waals surface area contributed by atoms with Crippen molar-refractivity contribution in [2.75, 3.05) is 7.11 Å². The average molecular weight is 416 g/mol. The van der Waals surface area contributed by atoms with Crippen molar-refractivity contribution in [1.29, 1.82) is 0 Å². The fraction of sp³-hybridized carbons (Fsp3) is 0.250. The molecule has 8 heteroatoms. The number of aryl methyl sites for hydroxylation is 1. The lowest BCUT2D eigenvalue weighted by Gasteiger charge is -2.17. The summed E-state index contributed by atoms with van der Waals surface area (Å²) in [6, 6.07) is 7.91. The zero-order chi connectivity index (χ0) is 18.7. The first-order valence-corrected chi connectivity index (χ1v) is 9.61. The highest BCUT2D eigenvalue weighted by atomic mass is 35.5. The zero-order valence-electron chi connectivity index (χ0n) is 15.3. The van der Waals surface area contributed by atoms with Gasteiger partial charge in [-0.05, 0) is 61.1 Å². The summed E-state index contributed by atoms with van der Waals surface area (Å²) < 4.78 is 10.7. The minimum atomic E-state index is -0.316. The van der Waals surface area contributed by atoms with Gasteiger partial charge in [0.2, 0.25) is 5.43 Å². The summed E-state index contributed by atoms with van der Waals surface area (Å²) in [7, 11) is 1.62. The summed E-state index contributed by atoms with van der Waals surface area (Å²) in [5, 5.41) is 0.763. The number of methoxy groups -OCH3 is 1. The Morgan fingerprint density at radius 1 is 1.25 bits per heavy atom. The van der Waals surface area contributed by atoms with Gasteiger partial charge in [0.25, 0.3) is 5.56 Å². The van der Waals surface area contributed by atoms with E-state index in [1.54, 1.807) is 19.4 Å². The van der Waals surface area contributed by atoms with Crippen molar-refractivity contribution in [3.05, 3.63) is 56.7 Å². The number of nitrogens with one attached hydrogen (secondary N) is 1. The van der Waals surface area contributed by atoms with Gasteiger partial charge in [-0.15, -0.1) is 12.4 Å². The van der Waals surface area contributed by atoms with E-state index in [1.807, 2.05) is 25.1 Å². The van der Waals surface area contributed by atoms with Crippen molar-refractivity contribution in [3.63, 3.8) is 0 Å². The summed E-state index contributed by atoms with van der Waals surface area (Å²) in [5.41, 5.74) is 3.01. The number of pyridine rings is 2. The van der Waals surface area contributed by atoms with Crippen LogP contribution in [0.25, 0.3) is 32.2 Å². The van der Waals surface area contributed by atoms with Gasteiger partial charge in [-0.25, -0.2) is 0 Å². The molecule has 1 saturated carbocycles. The summed E-state index contributed by atoms with van der Waals surface area (Å²) >= 11 is 1.22. The number of aromatic nitrogens is 3. The van der Waals surface area contributed by atoms with E-state index in [0.717, 1.165) is 35.2 Å². The maximum atomic E-state index is 13.0. The van der Waals surface area contributed by atoms with Gasteiger partial charge in [0.1, 0.15) is 10.2 Å². The van der Waals surface area contributed by atoms with Gasteiger partial charge < -0.3 is 9.30 Å². The van der Waals surface area contributed by atoms with Crippen LogP contribution in [0.2, 0.25) is 0 Å². The highest BCUT2D eigenvalue weighted by Gasteiger charge is 2.30. The largest absolute Gasteiger partial charge is 0.494 e. The second kappa shape index (κ2) is 6.76. The lowest BCUT2D eigenvalue weighted by Crippen LogP contribution is -2.15. The smallest absolute Gasteiger partial charge is 0.271 e. The highest BCUT2D eigenvalue weighted by molar-refractivity contribution is 7.12. The molecule has 0 aliphatic heterocycles. The Balaban J connectivity index is 0.00000192. The molecule has 28 heavy (non-hydrogen) atoms. The van der Waals surface area contributed by atoms with Crippen molar-refractivity contribution in [2.24, 2.45) is 0 Å². The van der Waals surface area contributed by atoms with Gasteiger partial charge in [0.15, 0.2) is 5.75 Å². The number of halogens is 1. The van der Waals surface area contributed by atoms with Gasteiger partial charge in [-0.2, -0.15) is 0 Å². The molecule has 0 bridgehead atoms. The van der Waals surface area contributed by atoms with Gasteiger partial charge in [-0.3, -0.25) is 18.9 Å². The molecule has 0 spiro atoms. The number of rotatable bonds is 3. The third kappa shape index (κ3) is 2.65. The topological polar surface area (TPSA) is 77.0 Å². The SMILES string of the molecule is COc1c(-c2ccnc(C)c2)ccc2c(=O)c3c(=O)[nH]sc3n(C3CC3)c12.Cl. The molecule has 6 nitrogen and oxygen atoms in total. The van der Waals surface area contributed by atoms with E-state index >= 15 is 0 Å². The van der Waals surface area contributed by atoms with Crippen molar-refractivity contribution >= 4 is 45.1 Å². The van der Waals surface area contributed by atoms with Crippen LogP contribution in [0.5, 0.6) is 5.75 Å². The first-order chi connectivity index (χ1) is 13.1. The lowest BCUT2D eigenvalue weighted by atomic mass is 10.0. The quantitative estimate of drug-likeness (QED) is 0.547. The Labute approximate surface area is 170 Å². The minimum absolute atomic E-state index is 0. The molecule has 0 radical (unpaired) electrons. The molecule has 1 aliphatic carbocycles. The molecular weight excluding hydrogens is 398 g/mol. The Morgan fingerprint density at radius 2 is 2.04 bits per heavy atom.